The van der Waals surface area contributed by atoms with Crippen LogP contribution in [-0.2, 0) is 12.8 Å². The van der Waals surface area contributed by atoms with Gasteiger partial charge in [-0.25, -0.2) is 4.39 Å². The number of thioether (sulfide) groups is 1. The van der Waals surface area contributed by atoms with Gasteiger partial charge in [0.15, 0.2) is 0 Å². The molecule has 106 valence electrons. The number of halogens is 2. The summed E-state index contributed by atoms with van der Waals surface area (Å²) < 4.78 is 15.1. The zero-order chi connectivity index (χ0) is 14.5. The smallest absolute Gasteiger partial charge is 0.126 e. The minimum Gasteiger partial charge on any atom is -0.207 e. The number of hydrogen-bond acceptors (Lipinski definition) is 1. The molecule has 0 heterocycles. The van der Waals surface area contributed by atoms with Crippen molar-refractivity contribution in [2.24, 2.45) is 0 Å². The lowest BCUT2D eigenvalue weighted by Gasteiger charge is -2.10. The Morgan fingerprint density at radius 1 is 1.15 bits per heavy atom. The molecule has 0 saturated heterocycles. The van der Waals surface area contributed by atoms with Gasteiger partial charge >= 0.3 is 0 Å². The molecule has 0 aromatic heterocycles. The van der Waals surface area contributed by atoms with E-state index in [1.165, 1.54) is 10.5 Å². The van der Waals surface area contributed by atoms with Gasteiger partial charge in [-0.15, -0.1) is 11.8 Å². The molecule has 0 saturated carbocycles. The molecule has 2 rings (SSSR count). The molecule has 0 aliphatic carbocycles. The zero-order valence-corrected chi connectivity index (χ0v) is 14.2. The summed E-state index contributed by atoms with van der Waals surface area (Å²) in [5.74, 6) is 0.926. The van der Waals surface area contributed by atoms with Gasteiger partial charge in [0, 0.05) is 9.37 Å². The largest absolute Gasteiger partial charge is 0.207 e. The molecular weight excluding hydrogens is 335 g/mol. The van der Waals surface area contributed by atoms with Crippen LogP contribution in [0.2, 0.25) is 0 Å². The van der Waals surface area contributed by atoms with Crippen molar-refractivity contribution in [2.45, 2.75) is 31.6 Å². The molecule has 0 fully saturated rings. The third-order valence-electron chi connectivity index (χ3n) is 3.22. The van der Waals surface area contributed by atoms with Crippen molar-refractivity contribution in [2.75, 3.05) is 5.75 Å². The molecule has 0 nitrogen and oxygen atoms in total. The van der Waals surface area contributed by atoms with Gasteiger partial charge < -0.3 is 0 Å². The van der Waals surface area contributed by atoms with Crippen molar-refractivity contribution < 1.29 is 4.39 Å². The third kappa shape index (κ3) is 4.10. The molecule has 0 N–H and O–H groups in total. The standard InChI is InChI=1S/C17H18BrFS/c1-3-20-17-11-14(16(19)9-12(17)2)8-7-13-5-4-6-15(18)10-13/h4-6,9-11H,3,7-8H2,1-2H3. The molecule has 3 heteroatoms. The number of benzene rings is 2. The minimum atomic E-state index is -0.0852. The second kappa shape index (κ2) is 7.28. The molecule has 20 heavy (non-hydrogen) atoms. The minimum absolute atomic E-state index is 0.0852. The third-order valence-corrected chi connectivity index (χ3v) is 4.75. The fourth-order valence-electron chi connectivity index (χ4n) is 2.17. The fourth-order valence-corrected chi connectivity index (χ4v) is 3.44. The maximum absolute atomic E-state index is 14.0. The van der Waals surface area contributed by atoms with Crippen molar-refractivity contribution in [3.05, 3.63) is 63.4 Å². The van der Waals surface area contributed by atoms with E-state index < -0.39 is 0 Å². The Labute approximate surface area is 132 Å². The lowest BCUT2D eigenvalue weighted by atomic mass is 10.0. The van der Waals surface area contributed by atoms with Crippen LogP contribution >= 0.6 is 27.7 Å². The average molecular weight is 353 g/mol. The SMILES string of the molecule is CCSc1cc(CCc2cccc(Br)c2)c(F)cc1C. The van der Waals surface area contributed by atoms with Crippen molar-refractivity contribution in [3.63, 3.8) is 0 Å². The highest BCUT2D eigenvalue weighted by Gasteiger charge is 2.08. The Morgan fingerprint density at radius 2 is 1.95 bits per heavy atom. The van der Waals surface area contributed by atoms with Crippen LogP contribution < -0.4 is 0 Å². The summed E-state index contributed by atoms with van der Waals surface area (Å²) in [5, 5.41) is 0. The maximum Gasteiger partial charge on any atom is 0.126 e. The first-order valence-corrected chi connectivity index (χ1v) is 8.54. The van der Waals surface area contributed by atoms with E-state index in [0.717, 1.165) is 34.2 Å². The molecule has 2 aromatic rings. The molecule has 0 amide bonds. The Hall–Kier alpha value is -0.800. The first kappa shape index (κ1) is 15.6. The fraction of sp³-hybridized carbons (Fsp3) is 0.294. The molecule has 0 radical (unpaired) electrons. The van der Waals surface area contributed by atoms with Crippen molar-refractivity contribution >= 4 is 27.7 Å². The van der Waals surface area contributed by atoms with E-state index >= 15 is 0 Å². The van der Waals surface area contributed by atoms with Crippen molar-refractivity contribution in [1.82, 2.24) is 0 Å². The van der Waals surface area contributed by atoms with Gasteiger partial charge in [0.2, 0.25) is 0 Å². The van der Waals surface area contributed by atoms with Gasteiger partial charge in [0.25, 0.3) is 0 Å². The average Bonchev–Trinajstić information content (AvgIpc) is 2.41. The molecular formula is C17H18BrFS. The predicted octanol–water partition coefficient (Wildman–Crippen LogP) is 5.79. The molecule has 0 atom stereocenters. The summed E-state index contributed by atoms with van der Waals surface area (Å²) in [7, 11) is 0. The van der Waals surface area contributed by atoms with Crippen LogP contribution in [0.25, 0.3) is 0 Å². The van der Waals surface area contributed by atoms with E-state index in [1.807, 2.05) is 25.1 Å². The van der Waals surface area contributed by atoms with Gasteiger partial charge in [-0.1, -0.05) is 35.0 Å². The lowest BCUT2D eigenvalue weighted by Crippen LogP contribution is -1.97. The summed E-state index contributed by atoms with van der Waals surface area (Å²) in [6.07, 6.45) is 1.59. The Balaban J connectivity index is 2.14. The molecule has 0 spiro atoms. The van der Waals surface area contributed by atoms with Gasteiger partial charge in [0.1, 0.15) is 5.82 Å². The molecule has 0 aliphatic heterocycles. The lowest BCUT2D eigenvalue weighted by molar-refractivity contribution is 0.605. The van der Waals surface area contributed by atoms with E-state index in [-0.39, 0.29) is 5.82 Å². The van der Waals surface area contributed by atoms with E-state index in [2.05, 4.69) is 35.0 Å². The highest BCUT2D eigenvalue weighted by molar-refractivity contribution is 9.10. The maximum atomic E-state index is 14.0. The van der Waals surface area contributed by atoms with Crippen LogP contribution in [0.5, 0.6) is 0 Å². The topological polar surface area (TPSA) is 0 Å². The molecule has 0 unspecified atom stereocenters. The van der Waals surface area contributed by atoms with E-state index in [4.69, 9.17) is 0 Å². The van der Waals surface area contributed by atoms with Gasteiger partial charge in [-0.3, -0.25) is 0 Å². The van der Waals surface area contributed by atoms with E-state index in [0.29, 0.717) is 0 Å². The Kier molecular flexibility index (Phi) is 5.67. The molecule has 0 aliphatic rings. The second-order valence-electron chi connectivity index (χ2n) is 4.77. The number of aryl methyl sites for hydroxylation is 3. The van der Waals surface area contributed by atoms with Crippen molar-refractivity contribution in [1.29, 1.82) is 0 Å². The Bertz CT molecular complexity index is 596. The van der Waals surface area contributed by atoms with Crippen LogP contribution in [0.15, 0.2) is 45.8 Å². The first-order chi connectivity index (χ1) is 9.60. The molecule has 0 bridgehead atoms. The predicted molar refractivity (Wildman–Crippen MR) is 89.1 cm³/mol. The summed E-state index contributed by atoms with van der Waals surface area (Å²) in [6, 6.07) is 11.9. The highest BCUT2D eigenvalue weighted by atomic mass is 79.9. The first-order valence-electron chi connectivity index (χ1n) is 6.76. The van der Waals surface area contributed by atoms with Crippen LogP contribution in [-0.4, -0.2) is 5.75 Å². The van der Waals surface area contributed by atoms with Gasteiger partial charge in [0.05, 0.1) is 0 Å². The summed E-state index contributed by atoms with van der Waals surface area (Å²) in [5.41, 5.74) is 3.07. The summed E-state index contributed by atoms with van der Waals surface area (Å²) in [6.45, 7) is 4.09. The zero-order valence-electron chi connectivity index (χ0n) is 11.7. The number of hydrogen-bond donors (Lipinski definition) is 0. The van der Waals surface area contributed by atoms with Crippen LogP contribution in [0.4, 0.5) is 4.39 Å². The summed E-state index contributed by atoms with van der Waals surface area (Å²) >= 11 is 5.24. The van der Waals surface area contributed by atoms with Crippen molar-refractivity contribution in [3.8, 4) is 0 Å². The van der Waals surface area contributed by atoms with Gasteiger partial charge in [-0.05, 0) is 66.5 Å². The second-order valence-corrected chi connectivity index (χ2v) is 6.99. The monoisotopic (exact) mass is 352 g/mol. The highest BCUT2D eigenvalue weighted by Crippen LogP contribution is 2.26. The molecule has 2 aromatic carbocycles. The van der Waals surface area contributed by atoms with E-state index in [9.17, 15) is 4.39 Å². The summed E-state index contributed by atoms with van der Waals surface area (Å²) in [4.78, 5) is 1.19. The normalized spacial score (nSPS) is 10.8. The van der Waals surface area contributed by atoms with E-state index in [1.54, 1.807) is 17.8 Å². The number of rotatable bonds is 5. The van der Waals surface area contributed by atoms with Gasteiger partial charge in [-0.2, -0.15) is 0 Å². The van der Waals surface area contributed by atoms with Crippen LogP contribution in [0.1, 0.15) is 23.6 Å². The Morgan fingerprint density at radius 3 is 2.65 bits per heavy atom. The van der Waals surface area contributed by atoms with Crippen LogP contribution in [0, 0.1) is 12.7 Å². The quantitative estimate of drug-likeness (QED) is 0.613. The van der Waals surface area contributed by atoms with Crippen LogP contribution in [0.3, 0.4) is 0 Å².